The van der Waals surface area contributed by atoms with Gasteiger partial charge in [-0.3, -0.25) is 9.69 Å². The highest BCUT2D eigenvalue weighted by atomic mass is 32.2. The van der Waals surface area contributed by atoms with Crippen molar-refractivity contribution in [1.29, 1.82) is 0 Å². The number of hydrogen-bond acceptors (Lipinski definition) is 7. The van der Waals surface area contributed by atoms with Gasteiger partial charge in [-0.1, -0.05) is 19.1 Å². The molecule has 2 aliphatic rings. The number of ether oxygens (including phenoxy) is 2. The Morgan fingerprint density at radius 3 is 2.59 bits per heavy atom. The van der Waals surface area contributed by atoms with E-state index in [4.69, 9.17) is 13.9 Å². The number of nitrogens with one attached hydrogen (secondary N) is 1. The molecule has 1 fully saturated rings. The van der Waals surface area contributed by atoms with Gasteiger partial charge in [-0.05, 0) is 105 Å². The third-order valence-corrected chi connectivity index (χ3v) is 10.1. The first-order valence-corrected chi connectivity index (χ1v) is 16.9. The number of anilines is 1. The summed E-state index contributed by atoms with van der Waals surface area (Å²) in [5.41, 5.74) is 4.15. The fraction of sp³-hybridized carbons (Fsp3) is 0.343. The van der Waals surface area contributed by atoms with Crippen LogP contribution in [0.1, 0.15) is 43.7 Å². The molecule has 44 heavy (non-hydrogen) atoms. The molecule has 1 N–H and O–H groups in total. The first kappa shape index (κ1) is 30.1. The third-order valence-electron chi connectivity index (χ3n) is 8.31. The molecule has 0 radical (unpaired) electrons. The van der Waals surface area contributed by atoms with Gasteiger partial charge in [0.25, 0.3) is 5.91 Å². The Labute approximate surface area is 258 Å². The van der Waals surface area contributed by atoms with Crippen LogP contribution < -0.4 is 10.1 Å². The van der Waals surface area contributed by atoms with Crippen LogP contribution in [-0.4, -0.2) is 57.9 Å². The van der Waals surface area contributed by atoms with Crippen molar-refractivity contribution in [2.45, 2.75) is 50.1 Å². The van der Waals surface area contributed by atoms with Gasteiger partial charge in [0.15, 0.2) is 9.84 Å². The molecule has 3 heterocycles. The minimum atomic E-state index is -3.57. The summed E-state index contributed by atoms with van der Waals surface area (Å²) < 4.78 is 43.6. The van der Waals surface area contributed by atoms with E-state index in [0.717, 1.165) is 61.3 Å². The number of rotatable bonds is 9. The highest BCUT2D eigenvalue weighted by Gasteiger charge is 2.26. The summed E-state index contributed by atoms with van der Waals surface area (Å²) in [6, 6.07) is 21.1. The molecule has 0 bridgehead atoms. The number of nitrogens with zero attached hydrogens (tertiary/aromatic N) is 1. The monoisotopic (exact) mass is 614 g/mol. The first-order valence-electron chi connectivity index (χ1n) is 15.2. The number of fused-ring (bicyclic) bond motifs is 2. The van der Waals surface area contributed by atoms with Gasteiger partial charge in [0.2, 0.25) is 0 Å². The maximum absolute atomic E-state index is 13.4. The molecule has 0 aliphatic carbocycles. The Kier molecular flexibility index (Phi) is 8.88. The number of carbonyl (C=O) groups excluding carboxylic acids is 1. The maximum Gasteiger partial charge on any atom is 0.251 e. The van der Waals surface area contributed by atoms with Crippen LogP contribution in [0.2, 0.25) is 0 Å². The summed E-state index contributed by atoms with van der Waals surface area (Å²) in [6.45, 7) is 5.12. The second-order valence-electron chi connectivity index (χ2n) is 11.6. The van der Waals surface area contributed by atoms with Crippen molar-refractivity contribution >= 4 is 38.5 Å². The topological polar surface area (TPSA) is 98.1 Å². The molecule has 1 saturated heterocycles. The van der Waals surface area contributed by atoms with Gasteiger partial charge in [-0.25, -0.2) is 8.42 Å². The van der Waals surface area contributed by atoms with E-state index in [-0.39, 0.29) is 23.0 Å². The highest BCUT2D eigenvalue weighted by Crippen LogP contribution is 2.34. The van der Waals surface area contributed by atoms with Crippen LogP contribution in [0.3, 0.4) is 0 Å². The normalized spacial score (nSPS) is 16.8. The van der Waals surface area contributed by atoms with Gasteiger partial charge in [0.05, 0.1) is 17.3 Å². The summed E-state index contributed by atoms with van der Waals surface area (Å²) in [4.78, 5) is 15.9. The Hall–Kier alpha value is -3.92. The summed E-state index contributed by atoms with van der Waals surface area (Å²) in [7, 11) is -1.44. The lowest BCUT2D eigenvalue weighted by molar-refractivity contribution is -0.112. The number of hydrogen-bond donors (Lipinski definition) is 1. The molecule has 8 nitrogen and oxygen atoms in total. The van der Waals surface area contributed by atoms with Crippen molar-refractivity contribution in [1.82, 2.24) is 4.90 Å². The lowest BCUT2D eigenvalue weighted by atomic mass is 10.0. The fourth-order valence-corrected chi connectivity index (χ4v) is 7.27. The summed E-state index contributed by atoms with van der Waals surface area (Å²) in [5, 5.41) is 3.86. The quantitative estimate of drug-likeness (QED) is 0.224. The molecular weight excluding hydrogens is 576 g/mol. The molecule has 4 aromatic rings. The number of amides is 1. The zero-order valence-electron chi connectivity index (χ0n) is 25.2. The second-order valence-corrected chi connectivity index (χ2v) is 13.6. The van der Waals surface area contributed by atoms with Crippen molar-refractivity contribution in [2.75, 3.05) is 37.9 Å². The predicted molar refractivity (Wildman–Crippen MR) is 172 cm³/mol. The largest absolute Gasteiger partial charge is 0.494 e. The zero-order valence-corrected chi connectivity index (χ0v) is 26.0. The van der Waals surface area contributed by atoms with Crippen LogP contribution in [-0.2, 0) is 25.9 Å². The van der Waals surface area contributed by atoms with Crippen LogP contribution in [0.25, 0.3) is 28.4 Å². The average molecular weight is 615 g/mol. The van der Waals surface area contributed by atoms with Crippen LogP contribution in [0.15, 0.2) is 81.6 Å². The fourth-order valence-electron chi connectivity index (χ4n) is 5.81. The minimum Gasteiger partial charge on any atom is -0.494 e. The number of benzene rings is 3. The van der Waals surface area contributed by atoms with E-state index < -0.39 is 9.84 Å². The minimum absolute atomic E-state index is 0.122. The summed E-state index contributed by atoms with van der Waals surface area (Å²) in [6.07, 6.45) is 4.80. The Bertz CT molecular complexity index is 1790. The number of sulfone groups is 1. The van der Waals surface area contributed by atoms with E-state index in [1.807, 2.05) is 48.5 Å². The zero-order chi connectivity index (χ0) is 30.7. The predicted octanol–water partition coefficient (Wildman–Crippen LogP) is 6.70. The molecule has 6 rings (SSSR count). The molecule has 230 valence electrons. The van der Waals surface area contributed by atoms with Crippen LogP contribution in [0.5, 0.6) is 5.75 Å². The smallest absolute Gasteiger partial charge is 0.251 e. The van der Waals surface area contributed by atoms with Crippen molar-refractivity contribution in [3.8, 4) is 17.1 Å². The van der Waals surface area contributed by atoms with Crippen LogP contribution in [0, 0.1) is 0 Å². The molecule has 0 saturated carbocycles. The van der Waals surface area contributed by atoms with Crippen LogP contribution in [0.4, 0.5) is 5.69 Å². The standard InChI is InChI=1S/C35H38N2O6S/c1-3-15-42-31-9-10-32-27(21-31)22-33(43-32)25-6-11-34-28(19-25)20-26(14-18-44(34,39)40)35(38)36-29-7-4-24(5-8-29)23-37(2)30-12-16-41-17-13-30/h4-11,19-22,30H,3,12-18,23H2,1-2H3,(H,36,38). The van der Waals surface area contributed by atoms with Crippen molar-refractivity contribution in [3.63, 3.8) is 0 Å². The molecule has 0 unspecified atom stereocenters. The second kappa shape index (κ2) is 13.0. The third kappa shape index (κ3) is 6.75. The van der Waals surface area contributed by atoms with Gasteiger partial charge < -0.3 is 19.2 Å². The summed E-state index contributed by atoms with van der Waals surface area (Å²) >= 11 is 0. The molecule has 9 heteroatoms. The molecule has 0 atom stereocenters. The van der Waals surface area contributed by atoms with Gasteiger partial charge in [-0.2, -0.15) is 0 Å². The molecule has 0 spiro atoms. The maximum atomic E-state index is 13.4. The molecule has 3 aromatic carbocycles. The Morgan fingerprint density at radius 1 is 1.02 bits per heavy atom. The molecule has 1 aromatic heterocycles. The highest BCUT2D eigenvalue weighted by molar-refractivity contribution is 7.91. The molecule has 2 aliphatic heterocycles. The first-order chi connectivity index (χ1) is 21.3. The van der Waals surface area contributed by atoms with E-state index in [1.165, 1.54) is 0 Å². The van der Waals surface area contributed by atoms with Gasteiger partial charge in [0, 0.05) is 48.0 Å². The summed E-state index contributed by atoms with van der Waals surface area (Å²) in [5.74, 6) is 0.935. The van der Waals surface area contributed by atoms with E-state index in [2.05, 4.69) is 24.2 Å². The Morgan fingerprint density at radius 2 is 1.82 bits per heavy atom. The van der Waals surface area contributed by atoms with Crippen molar-refractivity contribution in [3.05, 3.63) is 83.4 Å². The van der Waals surface area contributed by atoms with Crippen molar-refractivity contribution < 1.29 is 27.1 Å². The number of furan rings is 1. The van der Waals surface area contributed by atoms with Gasteiger partial charge in [-0.15, -0.1) is 0 Å². The van der Waals surface area contributed by atoms with E-state index >= 15 is 0 Å². The lowest BCUT2D eigenvalue weighted by Gasteiger charge is -2.31. The van der Waals surface area contributed by atoms with Gasteiger partial charge in [0.1, 0.15) is 17.1 Å². The Balaban J connectivity index is 1.20. The number of carbonyl (C=O) groups is 1. The molecular formula is C35H38N2O6S. The van der Waals surface area contributed by atoms with E-state index in [9.17, 15) is 13.2 Å². The average Bonchev–Trinajstić information content (AvgIpc) is 3.41. The van der Waals surface area contributed by atoms with Crippen molar-refractivity contribution in [2.24, 2.45) is 0 Å². The lowest BCUT2D eigenvalue weighted by Crippen LogP contribution is -2.36. The van der Waals surface area contributed by atoms with Gasteiger partial charge >= 0.3 is 0 Å². The van der Waals surface area contributed by atoms with Crippen LogP contribution >= 0.6 is 0 Å². The van der Waals surface area contributed by atoms with E-state index in [1.54, 1.807) is 24.3 Å². The molecule has 1 amide bonds. The van der Waals surface area contributed by atoms with E-state index in [0.29, 0.717) is 40.8 Å². The SMILES string of the molecule is CCCOc1ccc2oc(-c3ccc4c(c3)C=C(C(=O)Nc3ccc(CN(C)C5CCOCC5)cc3)CCS4(=O)=O)cc2c1.